The molecule has 0 aliphatic rings. The molecule has 3 N–H and O–H groups in total. The van der Waals surface area contributed by atoms with E-state index in [9.17, 15) is 4.79 Å². The van der Waals surface area contributed by atoms with Crippen molar-refractivity contribution in [1.82, 2.24) is 19.9 Å². The van der Waals surface area contributed by atoms with Crippen LogP contribution in [0.3, 0.4) is 0 Å². The lowest BCUT2D eigenvalue weighted by atomic mass is 10.0. The fourth-order valence-electron chi connectivity index (χ4n) is 2.62. The standard InChI is InChI=1S/C19H19ClN6O/c1-19(2,22)18(27)23-15(9-12-3-5-13(10-21)6-4-12)17-25-24-16-8-7-14(20)11-26(16)17/h3-8,11,15H,9,22H2,1-2H3,(H,23,27)/t15-/m1/s1. The van der Waals surface area contributed by atoms with Gasteiger partial charge in [0.05, 0.1) is 28.2 Å². The average Bonchev–Trinajstić information content (AvgIpc) is 3.03. The Hall–Kier alpha value is -2.95. The number of nitriles is 1. The fraction of sp³-hybridized carbons (Fsp3) is 0.263. The largest absolute Gasteiger partial charge is 0.344 e. The third-order valence-corrected chi connectivity index (χ3v) is 4.34. The van der Waals surface area contributed by atoms with Crippen molar-refractivity contribution in [2.75, 3.05) is 0 Å². The van der Waals surface area contributed by atoms with Crippen LogP contribution < -0.4 is 11.1 Å². The number of benzene rings is 1. The van der Waals surface area contributed by atoms with Crippen molar-refractivity contribution in [1.29, 1.82) is 5.26 Å². The number of aromatic nitrogens is 3. The van der Waals surface area contributed by atoms with Gasteiger partial charge in [0, 0.05) is 6.20 Å². The highest BCUT2D eigenvalue weighted by Gasteiger charge is 2.28. The molecule has 0 radical (unpaired) electrons. The molecule has 2 heterocycles. The molecule has 7 nitrogen and oxygen atoms in total. The van der Waals surface area contributed by atoms with Crippen molar-refractivity contribution in [3.8, 4) is 6.07 Å². The van der Waals surface area contributed by atoms with E-state index in [0.717, 1.165) is 5.56 Å². The lowest BCUT2D eigenvalue weighted by Gasteiger charge is -2.23. The van der Waals surface area contributed by atoms with Gasteiger partial charge in [0.15, 0.2) is 11.5 Å². The minimum absolute atomic E-state index is 0.306. The van der Waals surface area contributed by atoms with Crippen molar-refractivity contribution in [3.63, 3.8) is 0 Å². The molecule has 0 saturated heterocycles. The van der Waals surface area contributed by atoms with Crippen LogP contribution in [0.15, 0.2) is 42.6 Å². The zero-order chi connectivity index (χ0) is 19.6. The molecule has 27 heavy (non-hydrogen) atoms. The summed E-state index contributed by atoms with van der Waals surface area (Å²) in [5.41, 5.74) is 7.03. The molecule has 1 atom stereocenters. The molecule has 1 aromatic carbocycles. The van der Waals surface area contributed by atoms with E-state index in [-0.39, 0.29) is 5.91 Å². The van der Waals surface area contributed by atoms with Crippen LogP contribution in [0.25, 0.3) is 5.65 Å². The third-order valence-electron chi connectivity index (χ3n) is 4.12. The topological polar surface area (TPSA) is 109 Å². The quantitative estimate of drug-likeness (QED) is 0.704. The Morgan fingerprint density at radius 1 is 1.30 bits per heavy atom. The first kappa shape index (κ1) is 18.8. The van der Waals surface area contributed by atoms with Gasteiger partial charge in [0.25, 0.3) is 0 Å². The Morgan fingerprint density at radius 3 is 2.63 bits per heavy atom. The van der Waals surface area contributed by atoms with Crippen molar-refractivity contribution >= 4 is 23.2 Å². The zero-order valence-electron chi connectivity index (χ0n) is 15.0. The molecule has 0 unspecified atom stereocenters. The lowest BCUT2D eigenvalue weighted by molar-refractivity contribution is -0.126. The maximum absolute atomic E-state index is 12.5. The van der Waals surface area contributed by atoms with Gasteiger partial charge in [-0.1, -0.05) is 23.7 Å². The second-order valence-corrected chi connectivity index (χ2v) is 7.33. The molecular weight excluding hydrogens is 364 g/mol. The lowest BCUT2D eigenvalue weighted by Crippen LogP contribution is -2.50. The summed E-state index contributed by atoms with van der Waals surface area (Å²) in [5.74, 6) is 0.245. The number of nitrogens with zero attached hydrogens (tertiary/aromatic N) is 4. The van der Waals surface area contributed by atoms with Gasteiger partial charge in [-0.15, -0.1) is 10.2 Å². The minimum atomic E-state index is -1.04. The number of halogens is 1. The van der Waals surface area contributed by atoms with E-state index in [1.165, 1.54) is 0 Å². The maximum atomic E-state index is 12.5. The van der Waals surface area contributed by atoms with E-state index >= 15 is 0 Å². The molecule has 8 heteroatoms. The van der Waals surface area contributed by atoms with Gasteiger partial charge in [0.1, 0.15) is 0 Å². The highest BCUT2D eigenvalue weighted by Crippen LogP contribution is 2.21. The summed E-state index contributed by atoms with van der Waals surface area (Å²) in [4.78, 5) is 12.5. The van der Waals surface area contributed by atoms with Crippen molar-refractivity contribution < 1.29 is 4.79 Å². The second-order valence-electron chi connectivity index (χ2n) is 6.89. The van der Waals surface area contributed by atoms with Crippen molar-refractivity contribution in [2.24, 2.45) is 5.73 Å². The first-order valence-corrected chi connectivity index (χ1v) is 8.75. The normalized spacial score (nSPS) is 12.6. The van der Waals surface area contributed by atoms with Crippen LogP contribution in [0.2, 0.25) is 5.02 Å². The van der Waals surface area contributed by atoms with Gasteiger partial charge in [-0.05, 0) is 50.1 Å². The molecule has 2 aromatic heterocycles. The number of fused-ring (bicyclic) bond motifs is 1. The second kappa shape index (κ2) is 7.35. The Kier molecular flexibility index (Phi) is 5.13. The molecule has 0 aliphatic heterocycles. The summed E-state index contributed by atoms with van der Waals surface area (Å²) in [6.07, 6.45) is 2.17. The number of carbonyl (C=O) groups excluding carboxylic acids is 1. The predicted molar refractivity (Wildman–Crippen MR) is 102 cm³/mol. The summed E-state index contributed by atoms with van der Waals surface area (Å²) in [6.45, 7) is 3.28. The van der Waals surface area contributed by atoms with Crippen LogP contribution in [0.4, 0.5) is 0 Å². The number of amides is 1. The van der Waals surface area contributed by atoms with Gasteiger partial charge >= 0.3 is 0 Å². The van der Waals surface area contributed by atoms with E-state index in [0.29, 0.717) is 28.5 Å². The number of hydrogen-bond acceptors (Lipinski definition) is 5. The summed E-state index contributed by atoms with van der Waals surface area (Å²) in [7, 11) is 0. The molecule has 138 valence electrons. The number of hydrogen-bond donors (Lipinski definition) is 2. The Balaban J connectivity index is 1.99. The van der Waals surface area contributed by atoms with Gasteiger partial charge in [-0.2, -0.15) is 5.26 Å². The zero-order valence-corrected chi connectivity index (χ0v) is 15.7. The molecule has 0 bridgehead atoms. The maximum Gasteiger partial charge on any atom is 0.240 e. The molecule has 3 aromatic rings. The van der Waals surface area contributed by atoms with E-state index in [4.69, 9.17) is 22.6 Å². The monoisotopic (exact) mass is 382 g/mol. The van der Waals surface area contributed by atoms with Gasteiger partial charge in [-0.3, -0.25) is 9.20 Å². The van der Waals surface area contributed by atoms with Crippen LogP contribution >= 0.6 is 11.6 Å². The van der Waals surface area contributed by atoms with Crippen LogP contribution in [-0.4, -0.2) is 26.0 Å². The van der Waals surface area contributed by atoms with E-state index < -0.39 is 11.6 Å². The molecule has 0 saturated carbocycles. The third kappa shape index (κ3) is 4.25. The molecule has 0 fully saturated rings. The summed E-state index contributed by atoms with van der Waals surface area (Å²) < 4.78 is 1.75. The smallest absolute Gasteiger partial charge is 0.240 e. The van der Waals surface area contributed by atoms with E-state index in [1.54, 1.807) is 48.7 Å². The van der Waals surface area contributed by atoms with Gasteiger partial charge < -0.3 is 11.1 Å². The van der Waals surface area contributed by atoms with Crippen LogP contribution in [0.1, 0.15) is 36.8 Å². The summed E-state index contributed by atoms with van der Waals surface area (Å²) in [5, 5.41) is 20.8. The number of pyridine rings is 1. The summed E-state index contributed by atoms with van der Waals surface area (Å²) >= 11 is 6.11. The minimum Gasteiger partial charge on any atom is -0.344 e. The van der Waals surface area contributed by atoms with E-state index in [1.807, 2.05) is 12.1 Å². The van der Waals surface area contributed by atoms with Crippen LogP contribution in [0.5, 0.6) is 0 Å². The molecule has 1 amide bonds. The SMILES string of the molecule is CC(C)(N)C(=O)N[C@H](Cc1ccc(C#N)cc1)c1nnc2ccc(Cl)cn12. The first-order chi connectivity index (χ1) is 12.8. The summed E-state index contributed by atoms with van der Waals surface area (Å²) in [6, 6.07) is 12.3. The average molecular weight is 383 g/mol. The number of nitrogens with two attached hydrogens (primary N) is 1. The Morgan fingerprint density at radius 2 is 2.00 bits per heavy atom. The highest BCUT2D eigenvalue weighted by atomic mass is 35.5. The number of rotatable bonds is 5. The highest BCUT2D eigenvalue weighted by molar-refractivity contribution is 6.30. The fourth-order valence-corrected chi connectivity index (χ4v) is 2.78. The van der Waals surface area contributed by atoms with Crippen LogP contribution in [0, 0.1) is 11.3 Å². The molecule has 3 rings (SSSR count). The Labute approximate surface area is 161 Å². The number of nitrogens with one attached hydrogen (secondary N) is 1. The first-order valence-electron chi connectivity index (χ1n) is 8.37. The van der Waals surface area contributed by atoms with Crippen LogP contribution in [-0.2, 0) is 11.2 Å². The van der Waals surface area contributed by atoms with E-state index in [2.05, 4.69) is 21.6 Å². The molecule has 0 aliphatic carbocycles. The van der Waals surface area contributed by atoms with Gasteiger partial charge in [-0.25, -0.2) is 0 Å². The van der Waals surface area contributed by atoms with Gasteiger partial charge in [0.2, 0.25) is 5.91 Å². The Bertz CT molecular complexity index is 1010. The predicted octanol–water partition coefficient (Wildman–Crippen LogP) is 2.39. The molecule has 0 spiro atoms. The molecular formula is C19H19ClN6O. The number of carbonyl (C=O) groups is 1. The van der Waals surface area contributed by atoms with Crippen molar-refractivity contribution in [3.05, 3.63) is 64.6 Å². The van der Waals surface area contributed by atoms with Crippen molar-refractivity contribution in [2.45, 2.75) is 31.8 Å².